The molecule has 7 aromatic heterocycles. The quantitative estimate of drug-likeness (QED) is 0.0324. The molecule has 10 N–H and O–H groups in total. The number of pyridine rings is 1. The number of thiazole rings is 5. The van der Waals surface area contributed by atoms with Crippen LogP contribution < -0.4 is 37.2 Å². The molecule has 12 heterocycles. The second-order valence-corrected chi connectivity index (χ2v) is 31.0. The highest BCUT2D eigenvalue weighted by molar-refractivity contribution is 7.14. The molecular formula is C69H76N16O18S5. The first-order chi connectivity index (χ1) is 51.6. The van der Waals surface area contributed by atoms with Gasteiger partial charge in [-0.25, -0.2) is 39.5 Å². The van der Waals surface area contributed by atoms with E-state index in [-0.39, 0.29) is 106 Å². The number of benzene rings is 1. The minimum absolute atomic E-state index is 0.00140. The number of allylic oxidation sites excluding steroid dienone is 1. The number of amides is 6. The third-order valence-corrected chi connectivity index (χ3v) is 23.2. The normalized spacial score (nSPS) is 24.1. The SMILES string of the molecule is C=C(NC(=O)c1csc(-c2nc3c(cc2O)-c2nc(cs2)C(=O)N[C@@H]([C@@H](C)O)C(=O)N/C(=C(\C)OC)c2nc(cs2)C(=O)N[C@@H]2c4nc(cs4)C(=O)N[C@@H](COC(=O)c4c5c6c(cccc6n4OCCCN4CCN(C)CC4)COC(=O)[C@@H](O[C@H]4C[C@](C)(O)C(N(C)C)[C@H](C)O4)[C@H]2OC5)c2nc-3cs2)n1)C(N)=O. The van der Waals surface area contributed by atoms with Crippen molar-refractivity contribution < 1.29 is 86.9 Å². The maximum absolute atomic E-state index is 15.8. The Labute approximate surface area is 636 Å². The van der Waals surface area contributed by atoms with Gasteiger partial charge < -0.3 is 95.6 Å². The summed E-state index contributed by atoms with van der Waals surface area (Å²) in [5.74, 6) is -7.95. The lowest BCUT2D eigenvalue weighted by Crippen LogP contribution is -2.62. The lowest BCUT2D eigenvalue weighted by molar-refractivity contribution is -0.280. The minimum atomic E-state index is -1.90. The van der Waals surface area contributed by atoms with E-state index in [2.05, 4.69) is 65.0 Å². The van der Waals surface area contributed by atoms with Gasteiger partial charge in [0.25, 0.3) is 29.5 Å². The molecule has 12 bridgehead atoms. The molecule has 0 radical (unpaired) electrons. The van der Waals surface area contributed by atoms with Crippen LogP contribution in [0.1, 0.15) is 131 Å². The lowest BCUT2D eigenvalue weighted by atomic mass is 9.85. The van der Waals surface area contributed by atoms with Gasteiger partial charge >= 0.3 is 11.9 Å². The van der Waals surface area contributed by atoms with Crippen molar-refractivity contribution in [3.8, 4) is 38.4 Å². The number of rotatable bonds is 14. The van der Waals surface area contributed by atoms with Crippen molar-refractivity contribution in [2.75, 3.05) is 74.2 Å². The number of fused-ring (bicyclic) bond motifs is 15. The molecule has 0 spiro atoms. The zero-order valence-electron chi connectivity index (χ0n) is 59.4. The number of cyclic esters (lactones) is 2. The topological polar surface area (TPSA) is 440 Å². The van der Waals surface area contributed by atoms with Crippen molar-refractivity contribution in [1.82, 2.24) is 75.9 Å². The van der Waals surface area contributed by atoms with E-state index in [1.165, 1.54) is 53.3 Å². The summed E-state index contributed by atoms with van der Waals surface area (Å²) < 4.78 is 40.1. The van der Waals surface area contributed by atoms with Crippen LogP contribution in [-0.2, 0) is 56.0 Å². The smallest absolute Gasteiger partial charge is 0.358 e. The van der Waals surface area contributed by atoms with Crippen LogP contribution >= 0.6 is 56.7 Å². The summed E-state index contributed by atoms with van der Waals surface area (Å²) in [7, 11) is 6.96. The van der Waals surface area contributed by atoms with E-state index in [1.807, 2.05) is 4.90 Å². The first-order valence-electron chi connectivity index (χ1n) is 34.0. The maximum Gasteiger partial charge on any atom is 0.358 e. The van der Waals surface area contributed by atoms with Crippen molar-refractivity contribution >= 4 is 121 Å². The van der Waals surface area contributed by atoms with E-state index in [0.717, 1.165) is 82.9 Å². The van der Waals surface area contributed by atoms with Crippen LogP contribution in [0, 0.1) is 0 Å². The molecule has 6 amide bonds. The molecule has 570 valence electrons. The largest absolute Gasteiger partial charge is 0.506 e. The van der Waals surface area contributed by atoms with Crippen molar-refractivity contribution in [1.29, 1.82) is 0 Å². The number of aromatic hydroxyl groups is 1. The van der Waals surface area contributed by atoms with E-state index < -0.39 is 139 Å². The number of methoxy groups -OCH3 is 1. The maximum atomic E-state index is 15.8. The number of aliphatic hydroxyl groups is 2. The number of nitrogens with one attached hydrogen (secondary N) is 5. The van der Waals surface area contributed by atoms with E-state index in [4.69, 9.17) is 53.9 Å². The second-order valence-electron chi connectivity index (χ2n) is 26.6. The van der Waals surface area contributed by atoms with Crippen LogP contribution in [0.2, 0.25) is 0 Å². The standard InChI is InChI=1S/C69H76N16O18S5/c1-30(56(70)88)71-57(89)39-27-107-65(76-39)50-44(87)20-35-49(78-50)38-25-105-63(73-38)37-24-100-67(94)52-36-23-98-53(54(103-45-21-69(5,96)55(82(6)7)33(4)102-45)68(95)99-22-34-12-10-13-43(46(34)36)85(52)101-19-11-14-84-17-15-83(8)16-18-84)51(66-77-40(28-108-66)58(90)72-37)81-60(92)42-29-106-64(75-42)48(32(3)97-9)80-61(93)47(31(2)86)79-59(91)41-26-104-62(35)74-41/h10,12-13,20,25-29,31,33,37,45,47,51,53-55,86-87,96H,1,11,14-19,21-24H2,2-9H3,(H2,70,88)(H,71,89)(H,72,90)(H,79,91)(H,80,93)(H,81,92)/b48-32+/t31-,33+,37+,45+,47+,51+,53+,54+,55?,69+/m1/s1. The Morgan fingerprint density at radius 2 is 1.53 bits per heavy atom. The van der Waals surface area contributed by atoms with Gasteiger partial charge in [0.1, 0.15) is 126 Å². The fourth-order valence-electron chi connectivity index (χ4n) is 13.4. The number of hydrogen-bond donors (Lipinski definition) is 9. The van der Waals surface area contributed by atoms with Gasteiger partial charge in [-0.3, -0.25) is 28.8 Å². The first kappa shape index (κ1) is 76.6. The van der Waals surface area contributed by atoms with Crippen molar-refractivity contribution in [2.45, 2.75) is 114 Å². The molecule has 2 fully saturated rings. The molecule has 5 aliphatic heterocycles. The number of esters is 2. The van der Waals surface area contributed by atoms with Gasteiger partial charge in [0.05, 0.1) is 48.8 Å². The van der Waals surface area contributed by atoms with Crippen LogP contribution in [0.5, 0.6) is 5.75 Å². The van der Waals surface area contributed by atoms with Gasteiger partial charge in [-0.2, -0.15) is 4.73 Å². The van der Waals surface area contributed by atoms with Gasteiger partial charge in [-0.05, 0) is 73.0 Å². The summed E-state index contributed by atoms with van der Waals surface area (Å²) >= 11 is 4.60. The molecule has 0 aliphatic carbocycles. The Kier molecular flexibility index (Phi) is 22.6. The number of aromatic nitrogens is 7. The number of carbonyl (C=O) groups excluding carboxylic acids is 8. The van der Waals surface area contributed by atoms with Crippen molar-refractivity contribution in [3.63, 3.8) is 0 Å². The highest BCUT2D eigenvalue weighted by Gasteiger charge is 2.50. The average molecular weight is 1580 g/mol. The molecule has 5 aliphatic rings. The molecule has 13 rings (SSSR count). The fourth-order valence-corrected chi connectivity index (χ4v) is 17.5. The Morgan fingerprint density at radius 1 is 0.852 bits per heavy atom. The van der Waals surface area contributed by atoms with Crippen LogP contribution in [0.3, 0.4) is 0 Å². The Morgan fingerprint density at radius 3 is 2.25 bits per heavy atom. The second kappa shape index (κ2) is 31.9. The van der Waals surface area contributed by atoms with Gasteiger partial charge in [-0.15, -0.1) is 56.7 Å². The summed E-state index contributed by atoms with van der Waals surface area (Å²) in [5.41, 5.74) is 3.09. The predicted octanol–water partition coefficient (Wildman–Crippen LogP) is 3.72. The summed E-state index contributed by atoms with van der Waals surface area (Å²) in [5, 5.41) is 56.3. The Balaban J connectivity index is 0.994. The third kappa shape index (κ3) is 16.0. The molecule has 39 heteroatoms. The number of aliphatic hydroxyl groups excluding tert-OH is 1. The van der Waals surface area contributed by atoms with E-state index >= 15 is 19.2 Å². The summed E-state index contributed by atoms with van der Waals surface area (Å²) in [6.07, 6.45) is -6.96. The summed E-state index contributed by atoms with van der Waals surface area (Å²) in [4.78, 5) is 157. The van der Waals surface area contributed by atoms with Gasteiger partial charge in [0.2, 0.25) is 5.91 Å². The molecule has 2 saturated heterocycles. The summed E-state index contributed by atoms with van der Waals surface area (Å²) in [6.45, 7) is 12.1. The number of hydrogen-bond acceptors (Lipinski definition) is 32. The molecule has 1 aromatic carbocycles. The van der Waals surface area contributed by atoms with Gasteiger partial charge in [-0.1, -0.05) is 18.7 Å². The van der Waals surface area contributed by atoms with Crippen LogP contribution in [0.4, 0.5) is 0 Å². The van der Waals surface area contributed by atoms with Crippen molar-refractivity contribution in [2.24, 2.45) is 5.73 Å². The van der Waals surface area contributed by atoms with Crippen LogP contribution in [0.15, 0.2) is 69.2 Å². The minimum Gasteiger partial charge on any atom is -0.506 e. The number of primary amides is 1. The zero-order valence-corrected chi connectivity index (χ0v) is 63.5. The zero-order chi connectivity index (χ0) is 76.7. The highest BCUT2D eigenvalue weighted by atomic mass is 32.1. The number of likely N-dealkylation sites (N-methyl/N-ethyl adjacent to an activating group) is 2. The van der Waals surface area contributed by atoms with Crippen LogP contribution in [-0.4, -0.2) is 235 Å². The van der Waals surface area contributed by atoms with Crippen LogP contribution in [0.25, 0.3) is 49.3 Å². The number of nitrogens with zero attached hydrogens (tertiary/aromatic N) is 10. The first-order valence-corrected chi connectivity index (χ1v) is 38.4. The van der Waals surface area contributed by atoms with E-state index in [1.54, 1.807) is 51.5 Å². The Hall–Kier alpha value is -9.62. The molecule has 0 saturated carbocycles. The number of piperazine rings is 1. The molecule has 8 aromatic rings. The van der Waals surface area contributed by atoms with Gasteiger partial charge in [0.15, 0.2) is 18.1 Å². The highest BCUT2D eigenvalue weighted by Crippen LogP contribution is 2.43. The number of carbonyl (C=O) groups is 8. The lowest BCUT2D eigenvalue weighted by Gasteiger charge is -2.48. The molecule has 1 unspecified atom stereocenters. The third-order valence-electron chi connectivity index (χ3n) is 18.7. The number of nitrogens with two attached hydrogens (primary N) is 1. The molecular weight excluding hydrogens is 1500 g/mol. The molecule has 10 atom stereocenters. The number of ether oxygens (including phenoxy) is 6. The van der Waals surface area contributed by atoms with Crippen molar-refractivity contribution in [3.05, 3.63) is 124 Å². The Bertz CT molecular complexity index is 4880. The fraction of sp³-hybridized carbons (Fsp3) is 0.420. The van der Waals surface area contributed by atoms with E-state index in [9.17, 15) is 34.5 Å². The molecule has 108 heavy (non-hydrogen) atoms. The van der Waals surface area contributed by atoms with E-state index in [0.29, 0.717) is 29.4 Å². The average Bonchev–Trinajstić information content (AvgIpc) is 1.58. The summed E-state index contributed by atoms with van der Waals surface area (Å²) in [6, 6.07) is 1.19. The predicted molar refractivity (Wildman–Crippen MR) is 393 cm³/mol. The molecule has 34 nitrogen and oxygen atoms in total. The van der Waals surface area contributed by atoms with Gasteiger partial charge in [0, 0.05) is 82.6 Å². The monoisotopic (exact) mass is 1580 g/mol.